The Morgan fingerprint density at radius 1 is 1.09 bits per heavy atom. The van der Waals surface area contributed by atoms with E-state index in [4.69, 9.17) is 4.74 Å². The Labute approximate surface area is 65.4 Å². The van der Waals surface area contributed by atoms with Crippen LogP contribution in [0.3, 0.4) is 0 Å². The van der Waals surface area contributed by atoms with E-state index in [9.17, 15) is 0 Å². The Hall–Kier alpha value is -0.960. The highest BCUT2D eigenvalue weighted by molar-refractivity contribution is 5.19. The van der Waals surface area contributed by atoms with E-state index in [1.807, 2.05) is 13.8 Å². The minimum Gasteiger partial charge on any atom is -0.363 e. The highest BCUT2D eigenvalue weighted by atomic mass is 16.5. The van der Waals surface area contributed by atoms with E-state index in [1.165, 1.54) is 0 Å². The predicted octanol–water partition coefficient (Wildman–Crippen LogP) is 1.63. The molecule has 2 rings (SSSR count). The number of rotatable bonds is 0. The lowest BCUT2D eigenvalue weighted by atomic mass is 10.2. The lowest BCUT2D eigenvalue weighted by Crippen LogP contribution is -1.93. The van der Waals surface area contributed by atoms with Gasteiger partial charge in [-0.3, -0.25) is 9.97 Å². The first-order valence-corrected chi connectivity index (χ1v) is 3.75. The molecule has 0 aromatic carbocycles. The lowest BCUT2D eigenvalue weighted by molar-refractivity contribution is 0.0307. The molecule has 2 unspecified atom stereocenters. The fraction of sp³-hybridized carbons (Fsp3) is 0.500. The molecular weight excluding hydrogens is 140 g/mol. The summed E-state index contributed by atoms with van der Waals surface area (Å²) in [6.45, 7) is 3.99. The van der Waals surface area contributed by atoms with Crippen molar-refractivity contribution in [2.45, 2.75) is 26.1 Å². The van der Waals surface area contributed by atoms with E-state index < -0.39 is 0 Å². The second-order valence-electron chi connectivity index (χ2n) is 2.75. The molecule has 58 valence electrons. The van der Waals surface area contributed by atoms with E-state index in [0.717, 1.165) is 11.4 Å². The molecule has 1 aliphatic rings. The molecule has 0 N–H and O–H groups in total. The third-order valence-electron chi connectivity index (χ3n) is 1.93. The van der Waals surface area contributed by atoms with Gasteiger partial charge in [-0.1, -0.05) is 0 Å². The minimum atomic E-state index is 0.105. The lowest BCUT2D eigenvalue weighted by Gasteiger charge is -2.02. The van der Waals surface area contributed by atoms with Crippen LogP contribution in [-0.2, 0) is 4.74 Å². The number of hydrogen-bond acceptors (Lipinski definition) is 3. The molecule has 0 fully saturated rings. The second-order valence-corrected chi connectivity index (χ2v) is 2.75. The molecule has 0 amide bonds. The minimum absolute atomic E-state index is 0.105. The monoisotopic (exact) mass is 150 g/mol. The van der Waals surface area contributed by atoms with Crippen LogP contribution in [0, 0.1) is 0 Å². The van der Waals surface area contributed by atoms with Crippen molar-refractivity contribution >= 4 is 0 Å². The Morgan fingerprint density at radius 2 is 1.55 bits per heavy atom. The second kappa shape index (κ2) is 2.27. The Bertz CT molecular complexity index is 248. The summed E-state index contributed by atoms with van der Waals surface area (Å²) in [5.74, 6) is 0. The van der Waals surface area contributed by atoms with Crippen LogP contribution in [0.2, 0.25) is 0 Å². The molecular formula is C8H10N2O. The molecule has 0 saturated carbocycles. The molecule has 1 aromatic rings. The highest BCUT2D eigenvalue weighted by Crippen LogP contribution is 2.34. The van der Waals surface area contributed by atoms with Crippen molar-refractivity contribution in [1.82, 2.24) is 9.97 Å². The topological polar surface area (TPSA) is 35.0 Å². The van der Waals surface area contributed by atoms with Gasteiger partial charge in [0.15, 0.2) is 0 Å². The summed E-state index contributed by atoms with van der Waals surface area (Å²) in [5.41, 5.74) is 1.97. The number of aromatic nitrogens is 2. The first-order valence-electron chi connectivity index (χ1n) is 3.75. The van der Waals surface area contributed by atoms with Crippen LogP contribution < -0.4 is 0 Å². The number of hydrogen-bond donors (Lipinski definition) is 0. The number of fused-ring (bicyclic) bond motifs is 1. The SMILES string of the molecule is CC1OC(C)c2nccnc21. The van der Waals surface area contributed by atoms with Crippen molar-refractivity contribution in [2.75, 3.05) is 0 Å². The highest BCUT2D eigenvalue weighted by Gasteiger charge is 2.27. The Kier molecular flexibility index (Phi) is 1.39. The molecule has 2 atom stereocenters. The van der Waals surface area contributed by atoms with E-state index in [0.29, 0.717) is 0 Å². The molecule has 11 heavy (non-hydrogen) atoms. The van der Waals surface area contributed by atoms with Crippen LogP contribution in [0.1, 0.15) is 37.4 Å². The van der Waals surface area contributed by atoms with Crippen LogP contribution >= 0.6 is 0 Å². The molecule has 3 nitrogen and oxygen atoms in total. The van der Waals surface area contributed by atoms with Gasteiger partial charge in [-0.25, -0.2) is 0 Å². The van der Waals surface area contributed by atoms with E-state index in [2.05, 4.69) is 9.97 Å². The van der Waals surface area contributed by atoms with Crippen LogP contribution in [-0.4, -0.2) is 9.97 Å². The van der Waals surface area contributed by atoms with Gasteiger partial charge < -0.3 is 4.74 Å². The van der Waals surface area contributed by atoms with Crippen molar-refractivity contribution in [3.05, 3.63) is 23.8 Å². The van der Waals surface area contributed by atoms with Crippen LogP contribution in [0.25, 0.3) is 0 Å². The van der Waals surface area contributed by atoms with Crippen molar-refractivity contribution < 1.29 is 4.74 Å². The van der Waals surface area contributed by atoms with Gasteiger partial charge in [-0.05, 0) is 13.8 Å². The van der Waals surface area contributed by atoms with Crippen molar-refractivity contribution in [3.63, 3.8) is 0 Å². The number of ether oxygens (including phenoxy) is 1. The summed E-state index contributed by atoms with van der Waals surface area (Å²) >= 11 is 0. The summed E-state index contributed by atoms with van der Waals surface area (Å²) in [6, 6.07) is 0. The van der Waals surface area contributed by atoms with Gasteiger partial charge in [0.2, 0.25) is 0 Å². The molecule has 2 heterocycles. The maximum Gasteiger partial charge on any atom is 0.0995 e. The van der Waals surface area contributed by atoms with E-state index in [1.54, 1.807) is 12.4 Å². The van der Waals surface area contributed by atoms with E-state index >= 15 is 0 Å². The molecule has 0 aliphatic carbocycles. The van der Waals surface area contributed by atoms with Gasteiger partial charge in [0, 0.05) is 12.4 Å². The summed E-state index contributed by atoms with van der Waals surface area (Å²) in [4.78, 5) is 8.41. The molecule has 0 spiro atoms. The zero-order valence-electron chi connectivity index (χ0n) is 6.61. The van der Waals surface area contributed by atoms with Gasteiger partial charge in [0.25, 0.3) is 0 Å². The zero-order chi connectivity index (χ0) is 7.84. The molecule has 0 bridgehead atoms. The smallest absolute Gasteiger partial charge is 0.0995 e. The van der Waals surface area contributed by atoms with Crippen LogP contribution in [0.5, 0.6) is 0 Å². The van der Waals surface area contributed by atoms with Crippen LogP contribution in [0.4, 0.5) is 0 Å². The fourth-order valence-electron chi connectivity index (χ4n) is 1.42. The normalized spacial score (nSPS) is 28.5. The summed E-state index contributed by atoms with van der Waals surface area (Å²) in [7, 11) is 0. The summed E-state index contributed by atoms with van der Waals surface area (Å²) in [6.07, 6.45) is 3.62. The molecule has 0 radical (unpaired) electrons. The molecule has 1 aromatic heterocycles. The summed E-state index contributed by atoms with van der Waals surface area (Å²) in [5, 5.41) is 0. The number of nitrogens with zero attached hydrogens (tertiary/aromatic N) is 2. The van der Waals surface area contributed by atoms with E-state index in [-0.39, 0.29) is 12.2 Å². The quantitative estimate of drug-likeness (QED) is 0.563. The van der Waals surface area contributed by atoms with Crippen molar-refractivity contribution in [1.29, 1.82) is 0 Å². The maximum atomic E-state index is 5.51. The van der Waals surface area contributed by atoms with Crippen LogP contribution in [0.15, 0.2) is 12.4 Å². The predicted molar refractivity (Wildman–Crippen MR) is 39.9 cm³/mol. The third-order valence-corrected chi connectivity index (χ3v) is 1.93. The largest absolute Gasteiger partial charge is 0.363 e. The van der Waals surface area contributed by atoms with Gasteiger partial charge in [-0.15, -0.1) is 0 Å². The third kappa shape index (κ3) is 0.922. The zero-order valence-corrected chi connectivity index (χ0v) is 6.61. The first-order chi connectivity index (χ1) is 5.29. The van der Waals surface area contributed by atoms with Gasteiger partial charge in [-0.2, -0.15) is 0 Å². The summed E-state index contributed by atoms with van der Waals surface area (Å²) < 4.78 is 5.51. The van der Waals surface area contributed by atoms with Gasteiger partial charge >= 0.3 is 0 Å². The average molecular weight is 150 g/mol. The first kappa shape index (κ1) is 6.73. The standard InChI is InChI=1S/C8H10N2O/c1-5-7-8(6(2)11-5)10-4-3-9-7/h3-6H,1-2H3. The molecule has 1 aliphatic heterocycles. The Balaban J connectivity index is 2.52. The fourth-order valence-corrected chi connectivity index (χ4v) is 1.42. The molecule has 0 saturated heterocycles. The maximum absolute atomic E-state index is 5.51. The van der Waals surface area contributed by atoms with Crippen molar-refractivity contribution in [3.8, 4) is 0 Å². The van der Waals surface area contributed by atoms with Crippen molar-refractivity contribution in [2.24, 2.45) is 0 Å². The van der Waals surface area contributed by atoms with Gasteiger partial charge in [0.05, 0.1) is 23.6 Å². The average Bonchev–Trinajstić information content (AvgIpc) is 2.30. The van der Waals surface area contributed by atoms with Gasteiger partial charge in [0.1, 0.15) is 0 Å². The Morgan fingerprint density at radius 3 is 2.00 bits per heavy atom. The molecule has 3 heteroatoms.